The van der Waals surface area contributed by atoms with E-state index in [4.69, 9.17) is 9.47 Å². The smallest absolute Gasteiger partial charge is 0.324 e. The van der Waals surface area contributed by atoms with Crippen LogP contribution in [0.1, 0.15) is 27.8 Å². The van der Waals surface area contributed by atoms with E-state index >= 15 is 0 Å². The van der Waals surface area contributed by atoms with Crippen LogP contribution in [0, 0.1) is 0 Å². The number of esters is 1. The van der Waals surface area contributed by atoms with Gasteiger partial charge in [-0.05, 0) is 46.4 Å². The number of ether oxygens (including phenoxy) is 2. The lowest BCUT2D eigenvalue weighted by Gasteiger charge is -2.31. The van der Waals surface area contributed by atoms with Crippen LogP contribution < -0.4 is 4.74 Å². The summed E-state index contributed by atoms with van der Waals surface area (Å²) in [5.41, 5.74) is 5.43. The van der Waals surface area contributed by atoms with Gasteiger partial charge in [0.2, 0.25) is 0 Å². The Labute approximate surface area is 242 Å². The van der Waals surface area contributed by atoms with E-state index in [0.717, 1.165) is 33.6 Å². The lowest BCUT2D eigenvalue weighted by molar-refractivity contribution is -0.152. The predicted molar refractivity (Wildman–Crippen MR) is 163 cm³/mol. The van der Waals surface area contributed by atoms with E-state index in [2.05, 4.69) is 29.2 Å². The first kappa shape index (κ1) is 27.9. The van der Waals surface area contributed by atoms with E-state index in [1.807, 2.05) is 121 Å². The highest BCUT2D eigenvalue weighted by Crippen LogP contribution is 2.21. The van der Waals surface area contributed by atoms with E-state index in [0.29, 0.717) is 26.1 Å². The molecule has 0 fully saturated rings. The molecule has 5 rings (SSSR count). The Kier molecular flexibility index (Phi) is 9.96. The zero-order valence-corrected chi connectivity index (χ0v) is 23.1. The first-order valence-electron chi connectivity index (χ1n) is 14.0. The van der Waals surface area contributed by atoms with Crippen LogP contribution in [-0.2, 0) is 42.3 Å². The topological polar surface area (TPSA) is 38.8 Å². The van der Waals surface area contributed by atoms with Crippen LogP contribution in [0.5, 0.6) is 5.75 Å². The van der Waals surface area contributed by atoms with Crippen molar-refractivity contribution in [3.63, 3.8) is 0 Å². The Balaban J connectivity index is 1.36. The molecule has 0 saturated heterocycles. The summed E-state index contributed by atoms with van der Waals surface area (Å²) < 4.78 is 11.9. The molecule has 0 aliphatic heterocycles. The molecule has 0 saturated carbocycles. The zero-order chi connectivity index (χ0) is 28.1. The van der Waals surface area contributed by atoms with Crippen molar-refractivity contribution in [1.82, 2.24) is 4.90 Å². The minimum Gasteiger partial charge on any atom is -0.489 e. The largest absolute Gasteiger partial charge is 0.489 e. The molecular weight excluding hydrogens is 506 g/mol. The number of rotatable bonds is 13. The number of hydrogen-bond acceptors (Lipinski definition) is 4. The summed E-state index contributed by atoms with van der Waals surface area (Å²) >= 11 is 0. The van der Waals surface area contributed by atoms with Gasteiger partial charge in [0.15, 0.2) is 0 Å². The first-order valence-corrected chi connectivity index (χ1v) is 14.0. The second-order valence-corrected chi connectivity index (χ2v) is 10.1. The van der Waals surface area contributed by atoms with E-state index < -0.39 is 6.04 Å². The van der Waals surface area contributed by atoms with Gasteiger partial charge < -0.3 is 9.47 Å². The molecule has 1 atom stereocenters. The Hall–Kier alpha value is -4.67. The van der Waals surface area contributed by atoms with Gasteiger partial charge >= 0.3 is 5.97 Å². The molecular formula is C37H35NO3. The summed E-state index contributed by atoms with van der Waals surface area (Å²) in [5.74, 6) is 0.566. The Morgan fingerprint density at radius 1 is 0.512 bits per heavy atom. The molecule has 0 heterocycles. The van der Waals surface area contributed by atoms with Gasteiger partial charge in [0.25, 0.3) is 0 Å². The number of hydrogen-bond donors (Lipinski definition) is 0. The van der Waals surface area contributed by atoms with Crippen molar-refractivity contribution in [2.24, 2.45) is 0 Å². The number of carbonyl (C=O) groups excluding carboxylic acids is 1. The van der Waals surface area contributed by atoms with Crippen molar-refractivity contribution in [2.75, 3.05) is 0 Å². The summed E-state index contributed by atoms with van der Waals surface area (Å²) in [4.78, 5) is 16.0. The summed E-state index contributed by atoms with van der Waals surface area (Å²) in [6.07, 6.45) is 0.520. The van der Waals surface area contributed by atoms with Crippen molar-refractivity contribution in [3.8, 4) is 5.75 Å². The monoisotopic (exact) mass is 541 g/mol. The molecule has 0 unspecified atom stereocenters. The molecule has 0 aliphatic carbocycles. The molecule has 5 aromatic rings. The molecule has 0 radical (unpaired) electrons. The molecule has 206 valence electrons. The lowest BCUT2D eigenvalue weighted by Crippen LogP contribution is -2.43. The Bertz CT molecular complexity index is 1420. The Morgan fingerprint density at radius 3 is 1.44 bits per heavy atom. The maximum Gasteiger partial charge on any atom is 0.324 e. The average Bonchev–Trinajstić information content (AvgIpc) is 3.04. The number of carbonyl (C=O) groups is 1. The quantitative estimate of drug-likeness (QED) is 0.144. The normalized spacial score (nSPS) is 11.6. The second kappa shape index (κ2) is 14.6. The van der Waals surface area contributed by atoms with Crippen LogP contribution in [-0.4, -0.2) is 16.9 Å². The van der Waals surface area contributed by atoms with E-state index in [1.54, 1.807) is 0 Å². The van der Waals surface area contributed by atoms with Gasteiger partial charge in [-0.2, -0.15) is 0 Å². The van der Waals surface area contributed by atoms with Crippen molar-refractivity contribution >= 4 is 5.97 Å². The standard InChI is InChI=1S/C37H35NO3/c39-37(41-29-34-19-11-4-12-20-34)36(25-30-21-23-35(24-22-30)40-28-33-17-9-3-10-18-33)38(26-31-13-5-1-6-14-31)27-32-15-7-2-8-16-32/h1-24,36H,25-29H2/t36-/m0/s1. The summed E-state index contributed by atoms with van der Waals surface area (Å²) in [6.45, 7) is 2.00. The third-order valence-electron chi connectivity index (χ3n) is 6.99. The van der Waals surface area contributed by atoms with Crippen molar-refractivity contribution in [2.45, 2.75) is 38.8 Å². The van der Waals surface area contributed by atoms with Gasteiger partial charge in [0.05, 0.1) is 0 Å². The van der Waals surface area contributed by atoms with Crippen molar-refractivity contribution in [1.29, 1.82) is 0 Å². The number of nitrogens with zero attached hydrogens (tertiary/aromatic N) is 1. The van der Waals surface area contributed by atoms with E-state index in [9.17, 15) is 4.79 Å². The fourth-order valence-electron chi connectivity index (χ4n) is 4.78. The van der Waals surface area contributed by atoms with Crippen molar-refractivity contribution < 1.29 is 14.3 Å². The molecule has 4 heteroatoms. The minimum atomic E-state index is -0.477. The van der Waals surface area contributed by atoms with E-state index in [-0.39, 0.29) is 12.6 Å². The van der Waals surface area contributed by atoms with Gasteiger partial charge in [-0.15, -0.1) is 0 Å². The van der Waals surface area contributed by atoms with Gasteiger partial charge in [0, 0.05) is 13.1 Å². The summed E-state index contributed by atoms with van der Waals surface area (Å²) in [7, 11) is 0. The van der Waals surface area contributed by atoms with Crippen molar-refractivity contribution in [3.05, 3.63) is 173 Å². The van der Waals surface area contributed by atoms with Gasteiger partial charge in [-0.3, -0.25) is 9.69 Å². The van der Waals surface area contributed by atoms with E-state index in [1.165, 1.54) is 0 Å². The molecule has 0 bridgehead atoms. The zero-order valence-electron chi connectivity index (χ0n) is 23.1. The highest BCUT2D eigenvalue weighted by molar-refractivity contribution is 5.76. The van der Waals surface area contributed by atoms with Crippen LogP contribution in [0.4, 0.5) is 0 Å². The maximum absolute atomic E-state index is 13.8. The van der Waals surface area contributed by atoms with Crippen LogP contribution in [0.25, 0.3) is 0 Å². The molecule has 4 nitrogen and oxygen atoms in total. The maximum atomic E-state index is 13.8. The van der Waals surface area contributed by atoms with Gasteiger partial charge in [0.1, 0.15) is 25.0 Å². The van der Waals surface area contributed by atoms with Crippen LogP contribution in [0.2, 0.25) is 0 Å². The third kappa shape index (κ3) is 8.66. The van der Waals surface area contributed by atoms with Gasteiger partial charge in [-0.25, -0.2) is 0 Å². The summed E-state index contributed by atoms with van der Waals surface area (Å²) in [5, 5.41) is 0. The predicted octanol–water partition coefficient (Wildman–Crippen LogP) is 7.62. The highest BCUT2D eigenvalue weighted by atomic mass is 16.5. The molecule has 5 aromatic carbocycles. The average molecular weight is 542 g/mol. The first-order chi connectivity index (χ1) is 20.2. The molecule has 0 amide bonds. The lowest BCUT2D eigenvalue weighted by atomic mass is 10.0. The third-order valence-corrected chi connectivity index (χ3v) is 6.99. The molecule has 41 heavy (non-hydrogen) atoms. The van der Waals surface area contributed by atoms with Gasteiger partial charge in [-0.1, -0.05) is 133 Å². The van der Waals surface area contributed by atoms with Crippen LogP contribution >= 0.6 is 0 Å². The van der Waals surface area contributed by atoms with Crippen LogP contribution in [0.15, 0.2) is 146 Å². The fourth-order valence-corrected chi connectivity index (χ4v) is 4.78. The molecule has 0 aromatic heterocycles. The minimum absolute atomic E-state index is 0.231. The van der Waals surface area contributed by atoms with Crippen LogP contribution in [0.3, 0.4) is 0 Å². The highest BCUT2D eigenvalue weighted by Gasteiger charge is 2.28. The Morgan fingerprint density at radius 2 is 0.951 bits per heavy atom. The second-order valence-electron chi connectivity index (χ2n) is 10.1. The SMILES string of the molecule is O=C(OCc1ccccc1)[C@H](Cc1ccc(OCc2ccccc2)cc1)N(Cc1ccccc1)Cc1ccccc1. The molecule has 0 aliphatic rings. The molecule has 0 spiro atoms. The fraction of sp³-hybridized carbons (Fsp3) is 0.162. The molecule has 0 N–H and O–H groups in total. The summed E-state index contributed by atoms with van der Waals surface area (Å²) in [6, 6.07) is 48.1. The number of benzene rings is 5.